The van der Waals surface area contributed by atoms with Crippen molar-refractivity contribution in [3.8, 4) is 22.3 Å². The standard InChI is InChI=1S/C35H20F8S4.C12F10/c1-47-21-3-5-23-15(11-21)8-20(46)10-17(23)13-25-30(38)34(42)27(35(43)31(25)39)26-32(40)28(36)24(29(37)33(26)41)12-16-9-19(45)7-14-6-18(44)2-4-22(14)16;13-3-1(4(14)8(18)11(21)7(3)17)2-5(15)9(19)12(22)10(20)6(2)16/h2-11,44-46H,12-13H2,1H3;. The van der Waals surface area contributed by atoms with Gasteiger partial charge in [-0.05, 0) is 87.5 Å². The van der Waals surface area contributed by atoms with Gasteiger partial charge >= 0.3 is 0 Å². The van der Waals surface area contributed by atoms with Gasteiger partial charge in [0.2, 0.25) is 11.6 Å². The normalized spacial score (nSPS) is 11.5. The average Bonchev–Trinajstić information content (AvgIpc) is 3.32. The number of thiol groups is 3. The molecule has 0 aliphatic rings. The first-order chi connectivity index (χ1) is 32.4. The van der Waals surface area contributed by atoms with Crippen molar-refractivity contribution in [3.05, 3.63) is 188 Å². The lowest BCUT2D eigenvalue weighted by Crippen LogP contribution is -2.12. The molecule has 0 nitrogen and oxygen atoms in total. The maximum absolute atomic E-state index is 15.5. The molecular weight excluding hydrogens is 1030 g/mol. The Bertz CT molecular complexity index is 3280. The van der Waals surface area contributed by atoms with Crippen LogP contribution >= 0.6 is 49.6 Å². The molecule has 0 radical (unpaired) electrons. The van der Waals surface area contributed by atoms with E-state index in [0.29, 0.717) is 36.2 Å². The molecule has 8 rings (SSSR count). The second-order valence-electron chi connectivity index (χ2n) is 14.7. The predicted octanol–water partition coefficient (Wildman–Crippen LogP) is 16.3. The molecular formula is C47H20F18S4. The average molecular weight is 1050 g/mol. The summed E-state index contributed by atoms with van der Waals surface area (Å²) in [5.41, 5.74) is -10.0. The molecule has 22 heteroatoms. The Morgan fingerprint density at radius 3 is 0.928 bits per heavy atom. The third kappa shape index (κ3) is 9.08. The fourth-order valence-corrected chi connectivity index (χ4v) is 8.63. The lowest BCUT2D eigenvalue weighted by atomic mass is 9.92. The van der Waals surface area contributed by atoms with Crippen molar-refractivity contribution < 1.29 is 79.0 Å². The van der Waals surface area contributed by atoms with Gasteiger partial charge in [0.15, 0.2) is 93.1 Å². The molecule has 0 bridgehead atoms. The van der Waals surface area contributed by atoms with E-state index in [1.165, 1.54) is 23.9 Å². The number of hydrogen-bond acceptors (Lipinski definition) is 4. The predicted molar refractivity (Wildman–Crippen MR) is 230 cm³/mol. The van der Waals surface area contributed by atoms with Crippen molar-refractivity contribution >= 4 is 71.2 Å². The van der Waals surface area contributed by atoms with Gasteiger partial charge in [0.1, 0.15) is 0 Å². The fourth-order valence-electron chi connectivity index (χ4n) is 7.38. The van der Waals surface area contributed by atoms with Gasteiger partial charge < -0.3 is 0 Å². The second-order valence-corrected chi connectivity index (χ2v) is 17.1. The van der Waals surface area contributed by atoms with Crippen molar-refractivity contribution in [2.24, 2.45) is 0 Å². The number of halogens is 18. The minimum atomic E-state index is -2.68. The first-order valence-electron chi connectivity index (χ1n) is 18.9. The summed E-state index contributed by atoms with van der Waals surface area (Å²) < 4.78 is 255. The summed E-state index contributed by atoms with van der Waals surface area (Å²) in [7, 11) is 0. The highest BCUT2D eigenvalue weighted by Gasteiger charge is 2.36. The molecule has 0 saturated carbocycles. The van der Waals surface area contributed by atoms with E-state index < -0.39 is 151 Å². The molecule has 0 atom stereocenters. The van der Waals surface area contributed by atoms with Crippen LogP contribution in [0.15, 0.2) is 80.2 Å². The topological polar surface area (TPSA) is 0 Å². The molecule has 0 aliphatic carbocycles. The smallest absolute Gasteiger partial charge is 0.200 e. The van der Waals surface area contributed by atoms with E-state index in [4.69, 9.17) is 0 Å². The first kappa shape index (κ1) is 51.3. The van der Waals surface area contributed by atoms with Crippen LogP contribution in [0, 0.1) is 105 Å². The van der Waals surface area contributed by atoms with Gasteiger partial charge in [-0.15, -0.1) is 49.6 Å². The van der Waals surface area contributed by atoms with Crippen molar-refractivity contribution in [1.82, 2.24) is 0 Å². The summed E-state index contributed by atoms with van der Waals surface area (Å²) in [5.74, 6) is -43.4. The van der Waals surface area contributed by atoms with Crippen LogP contribution in [0.4, 0.5) is 79.0 Å². The van der Waals surface area contributed by atoms with E-state index in [9.17, 15) is 43.9 Å². The number of benzene rings is 8. The molecule has 0 aliphatic heterocycles. The van der Waals surface area contributed by atoms with Gasteiger partial charge in [-0.1, -0.05) is 12.1 Å². The summed E-state index contributed by atoms with van der Waals surface area (Å²) in [6, 6.07) is 16.3. The summed E-state index contributed by atoms with van der Waals surface area (Å²) >= 11 is 14.3. The molecule has 0 aromatic heterocycles. The highest BCUT2D eigenvalue weighted by molar-refractivity contribution is 7.98. The van der Waals surface area contributed by atoms with Crippen molar-refractivity contribution in [1.29, 1.82) is 0 Å². The summed E-state index contributed by atoms with van der Waals surface area (Å²) in [5, 5.41) is 2.21. The van der Waals surface area contributed by atoms with Crippen molar-refractivity contribution in [3.63, 3.8) is 0 Å². The van der Waals surface area contributed by atoms with Crippen LogP contribution < -0.4 is 0 Å². The Morgan fingerprint density at radius 1 is 0.319 bits per heavy atom. The molecule has 0 spiro atoms. The first-order valence-corrected chi connectivity index (χ1v) is 21.5. The van der Waals surface area contributed by atoms with Crippen molar-refractivity contribution in [2.45, 2.75) is 32.4 Å². The number of hydrogen-bond donors (Lipinski definition) is 3. The van der Waals surface area contributed by atoms with Gasteiger partial charge in [0, 0.05) is 43.6 Å². The Labute approximate surface area is 397 Å². The van der Waals surface area contributed by atoms with Gasteiger partial charge in [0.25, 0.3) is 0 Å². The van der Waals surface area contributed by atoms with Crippen molar-refractivity contribution in [2.75, 3.05) is 6.26 Å². The molecule has 0 amide bonds. The maximum Gasteiger partial charge on any atom is 0.200 e. The van der Waals surface area contributed by atoms with Gasteiger partial charge in [-0.25, -0.2) is 79.0 Å². The second kappa shape index (κ2) is 19.7. The van der Waals surface area contributed by atoms with Crippen LogP contribution in [0.2, 0.25) is 0 Å². The van der Waals surface area contributed by atoms with E-state index in [-0.39, 0.29) is 11.1 Å². The zero-order valence-corrected chi connectivity index (χ0v) is 37.2. The molecule has 8 aromatic carbocycles. The molecule has 8 aromatic rings. The Kier molecular flexibility index (Phi) is 14.6. The SMILES string of the molecule is CSc1ccc2c(Cc3c(F)c(F)c(-c4c(F)c(F)c(Cc5cc(S)cc6cc(S)ccc56)c(F)c4F)c(F)c3F)cc(S)cc2c1.Fc1c(F)c(F)c(-c2c(F)c(F)c(F)c(F)c2F)c(F)c1F. The molecule has 0 unspecified atom stereocenters. The number of fused-ring (bicyclic) bond motifs is 2. The zero-order valence-electron chi connectivity index (χ0n) is 33.7. The minimum absolute atomic E-state index is 0.228. The van der Waals surface area contributed by atoms with E-state index in [1.54, 1.807) is 48.5 Å². The summed E-state index contributed by atoms with van der Waals surface area (Å²) in [6.45, 7) is 0. The fraction of sp³-hybridized carbons (Fsp3) is 0.0638. The largest absolute Gasteiger partial charge is 0.203 e. The molecule has 0 N–H and O–H groups in total. The number of thioether (sulfide) groups is 1. The van der Waals surface area contributed by atoms with Gasteiger partial charge in [-0.2, -0.15) is 0 Å². The lowest BCUT2D eigenvalue weighted by molar-refractivity contribution is 0.370. The maximum atomic E-state index is 15.5. The van der Waals surface area contributed by atoms with Crippen LogP contribution in [0.25, 0.3) is 43.8 Å². The molecule has 0 fully saturated rings. The lowest BCUT2D eigenvalue weighted by Gasteiger charge is -2.17. The highest BCUT2D eigenvalue weighted by atomic mass is 32.2. The van der Waals surface area contributed by atoms with Crippen LogP contribution in [-0.4, -0.2) is 6.26 Å². The molecule has 69 heavy (non-hydrogen) atoms. The highest BCUT2D eigenvalue weighted by Crippen LogP contribution is 2.41. The van der Waals surface area contributed by atoms with Crippen LogP contribution in [0.5, 0.6) is 0 Å². The number of rotatable bonds is 7. The summed E-state index contributed by atoms with van der Waals surface area (Å²) in [6.07, 6.45) is 0.490. The zero-order chi connectivity index (χ0) is 50.8. The van der Waals surface area contributed by atoms with E-state index >= 15 is 35.1 Å². The van der Waals surface area contributed by atoms with Gasteiger partial charge in [-0.3, -0.25) is 0 Å². The van der Waals surface area contributed by atoms with E-state index in [2.05, 4.69) is 37.9 Å². The monoisotopic (exact) mass is 1050 g/mol. The van der Waals surface area contributed by atoms with E-state index in [1.807, 2.05) is 6.26 Å². The molecule has 0 saturated heterocycles. The van der Waals surface area contributed by atoms with Crippen LogP contribution in [-0.2, 0) is 12.8 Å². The van der Waals surface area contributed by atoms with Crippen LogP contribution in [0.1, 0.15) is 22.3 Å². The third-order valence-electron chi connectivity index (χ3n) is 10.6. The molecule has 0 heterocycles. The Balaban J connectivity index is 0.000000267. The Morgan fingerprint density at radius 2 is 0.594 bits per heavy atom. The van der Waals surface area contributed by atoms with E-state index in [0.717, 1.165) is 4.90 Å². The third-order valence-corrected chi connectivity index (χ3v) is 12.1. The summed E-state index contributed by atoms with van der Waals surface area (Å²) in [4.78, 5) is 2.23. The Hall–Kier alpha value is -5.58. The van der Waals surface area contributed by atoms with Crippen LogP contribution in [0.3, 0.4) is 0 Å². The molecule has 358 valence electrons. The van der Waals surface area contributed by atoms with Gasteiger partial charge in [0.05, 0.1) is 22.3 Å². The minimum Gasteiger partial charge on any atom is -0.203 e. The quantitative estimate of drug-likeness (QED) is 0.0470.